The van der Waals surface area contributed by atoms with Crippen molar-refractivity contribution in [2.45, 2.75) is 6.10 Å². The third-order valence-electron chi connectivity index (χ3n) is 1.41. The lowest BCUT2D eigenvalue weighted by Gasteiger charge is -1.99. The molecule has 1 fully saturated rings. The van der Waals surface area contributed by atoms with Crippen LogP contribution in [0.15, 0.2) is 0 Å². The molecule has 4 heteroatoms. The van der Waals surface area contributed by atoms with Gasteiger partial charge < -0.3 is 5.11 Å². The van der Waals surface area contributed by atoms with Crippen LogP contribution in [0.25, 0.3) is 0 Å². The number of aliphatic hydroxyl groups excluding tert-OH is 1. The fourth-order valence-corrected chi connectivity index (χ4v) is 1.69. The highest BCUT2D eigenvalue weighted by molar-refractivity contribution is 14.1. The standard InChI is InChI=1S/C5H7IN2O/c6-8-2-4(1-7)5(9)3-8/h4-5,9H,2-3H2/t4-,5+/m1/s1. The lowest BCUT2D eigenvalue weighted by Crippen LogP contribution is -2.15. The molecule has 1 saturated heterocycles. The molecule has 3 nitrogen and oxygen atoms in total. The van der Waals surface area contributed by atoms with Crippen LogP contribution < -0.4 is 0 Å². The zero-order chi connectivity index (χ0) is 6.85. The molecule has 0 aliphatic carbocycles. The maximum Gasteiger partial charge on any atom is 0.0870 e. The molecule has 1 aliphatic rings. The van der Waals surface area contributed by atoms with Crippen molar-refractivity contribution in [1.29, 1.82) is 5.26 Å². The van der Waals surface area contributed by atoms with Crippen molar-refractivity contribution in [1.82, 2.24) is 3.11 Å². The molecule has 0 spiro atoms. The Morgan fingerprint density at radius 1 is 1.67 bits per heavy atom. The van der Waals surface area contributed by atoms with Crippen molar-refractivity contribution in [3.63, 3.8) is 0 Å². The number of hydrogen-bond donors (Lipinski definition) is 1. The summed E-state index contributed by atoms with van der Waals surface area (Å²) in [6, 6.07) is 2.05. The summed E-state index contributed by atoms with van der Waals surface area (Å²) in [7, 11) is 0. The Labute approximate surface area is 67.8 Å². The molecule has 9 heavy (non-hydrogen) atoms. The van der Waals surface area contributed by atoms with Crippen molar-refractivity contribution >= 4 is 22.9 Å². The first-order valence-corrected chi connectivity index (χ1v) is 3.69. The number of rotatable bonds is 0. The van der Waals surface area contributed by atoms with Gasteiger partial charge in [0.15, 0.2) is 0 Å². The molecule has 0 aromatic rings. The Morgan fingerprint density at radius 2 is 2.33 bits per heavy atom. The van der Waals surface area contributed by atoms with Crippen LogP contribution in [0, 0.1) is 17.2 Å². The molecule has 0 unspecified atom stereocenters. The van der Waals surface area contributed by atoms with E-state index in [4.69, 9.17) is 10.4 Å². The molecule has 0 bridgehead atoms. The topological polar surface area (TPSA) is 47.3 Å². The van der Waals surface area contributed by atoms with E-state index in [0.29, 0.717) is 13.1 Å². The van der Waals surface area contributed by atoms with Crippen molar-refractivity contribution in [3.8, 4) is 6.07 Å². The minimum Gasteiger partial charge on any atom is -0.390 e. The van der Waals surface area contributed by atoms with E-state index in [1.165, 1.54) is 0 Å². The summed E-state index contributed by atoms with van der Waals surface area (Å²) in [4.78, 5) is 0. The van der Waals surface area contributed by atoms with Gasteiger partial charge in [0.1, 0.15) is 0 Å². The molecule has 1 aliphatic heterocycles. The van der Waals surface area contributed by atoms with Crippen LogP contribution in [-0.4, -0.2) is 27.4 Å². The van der Waals surface area contributed by atoms with E-state index in [0.717, 1.165) is 0 Å². The van der Waals surface area contributed by atoms with E-state index >= 15 is 0 Å². The number of β-amino-alcohol motifs (C(OH)–C–C–N with tert-alkyl or cyclic N) is 1. The van der Waals surface area contributed by atoms with Gasteiger partial charge in [0, 0.05) is 36.0 Å². The zero-order valence-electron chi connectivity index (χ0n) is 4.79. The molecule has 0 radical (unpaired) electrons. The van der Waals surface area contributed by atoms with Crippen LogP contribution >= 0.6 is 22.9 Å². The molecule has 2 atom stereocenters. The quantitative estimate of drug-likeness (QED) is 0.482. The predicted molar refractivity (Wildman–Crippen MR) is 40.7 cm³/mol. The van der Waals surface area contributed by atoms with Gasteiger partial charge in [0.05, 0.1) is 18.1 Å². The lowest BCUT2D eigenvalue weighted by molar-refractivity contribution is 0.168. The molecule has 0 saturated carbocycles. The fraction of sp³-hybridized carbons (Fsp3) is 0.800. The third kappa shape index (κ3) is 1.53. The summed E-state index contributed by atoms with van der Waals surface area (Å²) in [5, 5.41) is 17.5. The van der Waals surface area contributed by atoms with E-state index in [9.17, 15) is 0 Å². The normalized spacial score (nSPS) is 36.6. The Morgan fingerprint density at radius 3 is 2.56 bits per heavy atom. The second-order valence-electron chi connectivity index (χ2n) is 2.13. The first kappa shape index (κ1) is 7.25. The minimum atomic E-state index is -0.438. The van der Waals surface area contributed by atoms with Crippen LogP contribution in [0.5, 0.6) is 0 Å². The summed E-state index contributed by atoms with van der Waals surface area (Å²) in [6.07, 6.45) is -0.438. The number of hydrogen-bond acceptors (Lipinski definition) is 3. The molecule has 0 aromatic carbocycles. The van der Waals surface area contributed by atoms with Crippen molar-refractivity contribution < 1.29 is 5.11 Å². The molecule has 0 aromatic heterocycles. The van der Waals surface area contributed by atoms with Gasteiger partial charge in [0.25, 0.3) is 0 Å². The highest BCUT2D eigenvalue weighted by Gasteiger charge is 2.29. The number of nitrogens with zero attached hydrogens (tertiary/aromatic N) is 2. The molecule has 50 valence electrons. The smallest absolute Gasteiger partial charge is 0.0870 e. The first-order chi connectivity index (χ1) is 4.24. The molecule has 1 heterocycles. The van der Waals surface area contributed by atoms with Gasteiger partial charge >= 0.3 is 0 Å². The van der Waals surface area contributed by atoms with E-state index in [1.54, 1.807) is 0 Å². The highest BCUT2D eigenvalue weighted by Crippen LogP contribution is 2.18. The largest absolute Gasteiger partial charge is 0.390 e. The van der Waals surface area contributed by atoms with Crippen molar-refractivity contribution in [2.75, 3.05) is 13.1 Å². The molecule has 1 N–H and O–H groups in total. The Balaban J connectivity index is 2.50. The molecular weight excluding hydrogens is 231 g/mol. The predicted octanol–water partition coefficient (Wildman–Crippen LogP) is 0.153. The monoisotopic (exact) mass is 238 g/mol. The van der Waals surface area contributed by atoms with Gasteiger partial charge in [-0.05, 0) is 0 Å². The fourth-order valence-electron chi connectivity index (χ4n) is 0.867. The first-order valence-electron chi connectivity index (χ1n) is 2.72. The third-order valence-corrected chi connectivity index (χ3v) is 2.20. The Hall–Kier alpha value is 0.140. The summed E-state index contributed by atoms with van der Waals surface area (Å²) < 4.78 is 1.93. The van der Waals surface area contributed by atoms with Gasteiger partial charge in [-0.3, -0.25) is 0 Å². The van der Waals surface area contributed by atoms with E-state index in [-0.39, 0.29) is 5.92 Å². The van der Waals surface area contributed by atoms with E-state index in [1.807, 2.05) is 9.18 Å². The summed E-state index contributed by atoms with van der Waals surface area (Å²) in [5.74, 6) is -0.179. The summed E-state index contributed by atoms with van der Waals surface area (Å²) in [5.41, 5.74) is 0. The van der Waals surface area contributed by atoms with Crippen LogP contribution in [0.1, 0.15) is 0 Å². The highest BCUT2D eigenvalue weighted by atomic mass is 127. The van der Waals surface area contributed by atoms with E-state index in [2.05, 4.69) is 22.9 Å². The average molecular weight is 238 g/mol. The second-order valence-corrected chi connectivity index (χ2v) is 3.50. The van der Waals surface area contributed by atoms with Gasteiger partial charge in [-0.1, -0.05) is 0 Å². The SMILES string of the molecule is N#C[C@@H]1CN(I)C[C@@H]1O. The maximum atomic E-state index is 9.09. The van der Waals surface area contributed by atoms with Gasteiger partial charge in [-0.2, -0.15) is 5.26 Å². The number of aliphatic hydroxyl groups is 1. The van der Waals surface area contributed by atoms with Crippen molar-refractivity contribution in [3.05, 3.63) is 0 Å². The number of halogens is 1. The average Bonchev–Trinajstić information content (AvgIpc) is 2.10. The minimum absolute atomic E-state index is 0.179. The molecule has 0 amide bonds. The van der Waals surface area contributed by atoms with E-state index < -0.39 is 6.10 Å². The second kappa shape index (κ2) is 2.82. The summed E-state index contributed by atoms with van der Waals surface area (Å²) in [6.45, 7) is 1.32. The van der Waals surface area contributed by atoms with Gasteiger partial charge in [0.2, 0.25) is 0 Å². The maximum absolute atomic E-state index is 9.09. The van der Waals surface area contributed by atoms with Gasteiger partial charge in [-0.25, -0.2) is 3.11 Å². The Kier molecular flexibility index (Phi) is 2.27. The van der Waals surface area contributed by atoms with Crippen LogP contribution in [0.4, 0.5) is 0 Å². The number of nitriles is 1. The molecular formula is C5H7IN2O. The lowest BCUT2D eigenvalue weighted by atomic mass is 10.1. The van der Waals surface area contributed by atoms with Crippen LogP contribution in [-0.2, 0) is 0 Å². The van der Waals surface area contributed by atoms with Crippen LogP contribution in [0.2, 0.25) is 0 Å². The van der Waals surface area contributed by atoms with Crippen LogP contribution in [0.3, 0.4) is 0 Å². The zero-order valence-corrected chi connectivity index (χ0v) is 6.95. The van der Waals surface area contributed by atoms with Gasteiger partial charge in [-0.15, -0.1) is 0 Å². The Bertz CT molecular complexity index is 144. The van der Waals surface area contributed by atoms with Crippen molar-refractivity contribution in [2.24, 2.45) is 5.92 Å². The summed E-state index contributed by atoms with van der Waals surface area (Å²) >= 11 is 2.11. The molecule has 1 rings (SSSR count).